The number of aromatic nitrogens is 5. The molecular formula is C17H25N7O. The summed E-state index contributed by atoms with van der Waals surface area (Å²) in [6.07, 6.45) is 5.97. The summed E-state index contributed by atoms with van der Waals surface area (Å²) in [6.45, 7) is 0.607. The first-order chi connectivity index (χ1) is 12.1. The number of nitrogens with one attached hydrogen (secondary N) is 1. The molecule has 1 saturated heterocycles. The second-order valence-electron chi connectivity index (χ2n) is 7.18. The molecule has 2 aromatic heterocycles. The van der Waals surface area contributed by atoms with Crippen LogP contribution >= 0.6 is 0 Å². The molecule has 4 rings (SSSR count). The van der Waals surface area contributed by atoms with Crippen LogP contribution in [0.4, 0.5) is 0 Å². The highest BCUT2D eigenvalue weighted by Gasteiger charge is 2.39. The lowest BCUT2D eigenvalue weighted by molar-refractivity contribution is -0.127. The average molecular weight is 343 g/mol. The van der Waals surface area contributed by atoms with E-state index in [1.165, 1.54) is 19.3 Å². The Labute approximate surface area is 147 Å². The van der Waals surface area contributed by atoms with Gasteiger partial charge in [0.2, 0.25) is 5.91 Å². The SMILES string of the molecule is CN1C(=O)C[C@@H](NCc2nnc(C3CCC3)n2C)[C@@H]1c1ccnn1C. The Hall–Kier alpha value is -2.22. The van der Waals surface area contributed by atoms with Gasteiger partial charge in [-0.2, -0.15) is 5.10 Å². The number of likely N-dealkylation sites (N-methyl/N-ethyl adjacent to an activating group) is 1. The molecule has 8 nitrogen and oxygen atoms in total. The summed E-state index contributed by atoms with van der Waals surface area (Å²) in [5.74, 6) is 2.72. The predicted molar refractivity (Wildman–Crippen MR) is 91.6 cm³/mol. The van der Waals surface area contributed by atoms with Crippen molar-refractivity contribution >= 4 is 5.91 Å². The molecule has 1 aliphatic carbocycles. The van der Waals surface area contributed by atoms with Crippen molar-refractivity contribution in [3.8, 4) is 0 Å². The third-order valence-corrected chi connectivity index (χ3v) is 5.74. The fourth-order valence-corrected chi connectivity index (χ4v) is 3.90. The van der Waals surface area contributed by atoms with Crippen molar-refractivity contribution in [2.45, 2.75) is 50.2 Å². The van der Waals surface area contributed by atoms with Crippen LogP contribution in [-0.4, -0.2) is 48.4 Å². The van der Waals surface area contributed by atoms with Gasteiger partial charge in [-0.25, -0.2) is 0 Å². The van der Waals surface area contributed by atoms with Crippen molar-refractivity contribution in [2.75, 3.05) is 7.05 Å². The van der Waals surface area contributed by atoms with E-state index < -0.39 is 0 Å². The van der Waals surface area contributed by atoms with Gasteiger partial charge >= 0.3 is 0 Å². The topological polar surface area (TPSA) is 80.9 Å². The van der Waals surface area contributed by atoms with Crippen LogP contribution in [0.2, 0.25) is 0 Å². The van der Waals surface area contributed by atoms with E-state index in [1.54, 1.807) is 6.20 Å². The maximum absolute atomic E-state index is 12.2. The number of hydrogen-bond acceptors (Lipinski definition) is 5. The van der Waals surface area contributed by atoms with Crippen molar-refractivity contribution in [3.63, 3.8) is 0 Å². The third kappa shape index (κ3) is 2.74. The molecule has 2 aliphatic rings. The van der Waals surface area contributed by atoms with Gasteiger partial charge in [-0.15, -0.1) is 10.2 Å². The molecule has 0 radical (unpaired) electrons. The number of likely N-dealkylation sites (tertiary alicyclic amines) is 1. The molecule has 25 heavy (non-hydrogen) atoms. The normalized spacial score (nSPS) is 24.1. The number of hydrogen-bond donors (Lipinski definition) is 1. The lowest BCUT2D eigenvalue weighted by Crippen LogP contribution is -2.36. The fraction of sp³-hybridized carbons (Fsp3) is 0.647. The van der Waals surface area contributed by atoms with E-state index in [2.05, 4.69) is 25.2 Å². The maximum atomic E-state index is 12.2. The monoisotopic (exact) mass is 343 g/mol. The van der Waals surface area contributed by atoms with Gasteiger partial charge in [0.05, 0.1) is 18.3 Å². The van der Waals surface area contributed by atoms with Gasteiger partial charge in [-0.05, 0) is 18.9 Å². The zero-order valence-corrected chi connectivity index (χ0v) is 15.0. The summed E-state index contributed by atoms with van der Waals surface area (Å²) in [6, 6.07) is 2.00. The first kappa shape index (κ1) is 16.3. The Kier molecular flexibility index (Phi) is 4.07. The van der Waals surface area contributed by atoms with Crippen LogP contribution in [0.3, 0.4) is 0 Å². The van der Waals surface area contributed by atoms with Gasteiger partial charge < -0.3 is 14.8 Å². The first-order valence-electron chi connectivity index (χ1n) is 8.91. The van der Waals surface area contributed by atoms with Crippen LogP contribution in [0.25, 0.3) is 0 Å². The van der Waals surface area contributed by atoms with Crippen molar-refractivity contribution in [3.05, 3.63) is 29.6 Å². The summed E-state index contributed by atoms with van der Waals surface area (Å²) >= 11 is 0. The minimum Gasteiger partial charge on any atom is -0.336 e. The molecule has 2 atom stereocenters. The quantitative estimate of drug-likeness (QED) is 0.871. The molecule has 134 valence electrons. The largest absolute Gasteiger partial charge is 0.336 e. The number of carbonyl (C=O) groups excluding carboxylic acids is 1. The second-order valence-corrected chi connectivity index (χ2v) is 7.18. The average Bonchev–Trinajstić information content (AvgIpc) is 3.18. The molecular weight excluding hydrogens is 318 g/mol. The van der Waals surface area contributed by atoms with Gasteiger partial charge in [-0.1, -0.05) is 6.42 Å². The van der Waals surface area contributed by atoms with Crippen LogP contribution < -0.4 is 5.32 Å². The van der Waals surface area contributed by atoms with E-state index in [-0.39, 0.29) is 18.0 Å². The minimum atomic E-state index is -0.0145. The van der Waals surface area contributed by atoms with Crippen LogP contribution in [0.1, 0.15) is 55.0 Å². The summed E-state index contributed by atoms with van der Waals surface area (Å²) in [4.78, 5) is 14.1. The Morgan fingerprint density at radius 3 is 2.68 bits per heavy atom. The van der Waals surface area contributed by atoms with Gasteiger partial charge in [0, 0.05) is 45.7 Å². The van der Waals surface area contributed by atoms with Crippen LogP contribution in [0.15, 0.2) is 12.3 Å². The molecule has 1 amide bonds. The van der Waals surface area contributed by atoms with Crippen molar-refractivity contribution < 1.29 is 4.79 Å². The van der Waals surface area contributed by atoms with Crippen LogP contribution in [0, 0.1) is 0 Å². The van der Waals surface area contributed by atoms with E-state index in [1.807, 2.05) is 36.8 Å². The summed E-state index contributed by atoms with van der Waals surface area (Å²) in [5, 5.41) is 16.5. The molecule has 1 saturated carbocycles. The highest BCUT2D eigenvalue weighted by molar-refractivity contribution is 5.80. The van der Waals surface area contributed by atoms with E-state index in [0.717, 1.165) is 17.3 Å². The van der Waals surface area contributed by atoms with Crippen LogP contribution in [-0.2, 0) is 25.4 Å². The molecule has 2 aromatic rings. The van der Waals surface area contributed by atoms with E-state index in [0.29, 0.717) is 18.9 Å². The van der Waals surface area contributed by atoms with Gasteiger partial charge in [0.1, 0.15) is 11.6 Å². The highest BCUT2D eigenvalue weighted by atomic mass is 16.2. The number of aryl methyl sites for hydroxylation is 1. The predicted octanol–water partition coefficient (Wildman–Crippen LogP) is 0.878. The Bertz CT molecular complexity index is 776. The standard InChI is InChI=1S/C17H25N7O/c1-22-14(20-21-17(22)11-5-4-6-11)10-18-12-9-15(25)23(2)16(12)13-7-8-19-24(13)3/h7-8,11-12,16,18H,4-6,9-10H2,1-3H3/t12-,16-/m1/s1. The lowest BCUT2D eigenvalue weighted by atomic mass is 9.85. The summed E-state index contributed by atoms with van der Waals surface area (Å²) in [5.41, 5.74) is 1.04. The molecule has 8 heteroatoms. The molecule has 1 aliphatic heterocycles. The number of nitrogens with zero attached hydrogens (tertiary/aromatic N) is 6. The molecule has 0 aromatic carbocycles. The lowest BCUT2D eigenvalue weighted by Gasteiger charge is -2.26. The first-order valence-corrected chi connectivity index (χ1v) is 8.91. The Balaban J connectivity index is 1.49. The summed E-state index contributed by atoms with van der Waals surface area (Å²) in [7, 11) is 5.81. The molecule has 0 bridgehead atoms. The highest BCUT2D eigenvalue weighted by Crippen LogP contribution is 2.35. The zero-order valence-electron chi connectivity index (χ0n) is 15.0. The summed E-state index contributed by atoms with van der Waals surface area (Å²) < 4.78 is 3.95. The molecule has 0 spiro atoms. The third-order valence-electron chi connectivity index (χ3n) is 5.74. The number of carbonyl (C=O) groups is 1. The van der Waals surface area contributed by atoms with Crippen molar-refractivity contribution in [1.82, 2.24) is 34.8 Å². The van der Waals surface area contributed by atoms with Crippen molar-refractivity contribution in [2.24, 2.45) is 14.1 Å². The van der Waals surface area contributed by atoms with Gasteiger partial charge in [0.25, 0.3) is 0 Å². The van der Waals surface area contributed by atoms with E-state index in [9.17, 15) is 4.79 Å². The van der Waals surface area contributed by atoms with Crippen molar-refractivity contribution in [1.29, 1.82) is 0 Å². The molecule has 3 heterocycles. The Morgan fingerprint density at radius 2 is 2.04 bits per heavy atom. The van der Waals surface area contributed by atoms with Crippen LogP contribution in [0.5, 0.6) is 0 Å². The minimum absolute atomic E-state index is 0.0145. The molecule has 0 unspecified atom stereocenters. The zero-order chi connectivity index (χ0) is 17.6. The van der Waals surface area contributed by atoms with Gasteiger partial charge in [0.15, 0.2) is 0 Å². The fourth-order valence-electron chi connectivity index (χ4n) is 3.90. The second kappa shape index (κ2) is 6.25. The maximum Gasteiger partial charge on any atom is 0.224 e. The van der Waals surface area contributed by atoms with E-state index >= 15 is 0 Å². The molecule has 1 N–H and O–H groups in total. The van der Waals surface area contributed by atoms with Gasteiger partial charge in [-0.3, -0.25) is 9.48 Å². The smallest absolute Gasteiger partial charge is 0.224 e. The van der Waals surface area contributed by atoms with E-state index in [4.69, 9.17) is 0 Å². The molecule has 2 fully saturated rings. The number of amides is 1. The number of rotatable bonds is 5. The Morgan fingerprint density at radius 1 is 1.24 bits per heavy atom.